The zero-order valence-corrected chi connectivity index (χ0v) is 14.8. The topological polar surface area (TPSA) is 94.5 Å². The number of aliphatic hydroxyl groups is 2. The molecule has 0 bridgehead atoms. The van der Waals surface area contributed by atoms with E-state index in [1.165, 1.54) is 12.1 Å². The van der Waals surface area contributed by atoms with Crippen molar-refractivity contribution in [3.8, 4) is 11.1 Å². The highest BCUT2D eigenvalue weighted by atomic mass is 19.3. The molecule has 1 amide bonds. The molecule has 0 radical (unpaired) electrons. The number of nitrogens with zero attached hydrogens (tertiary/aromatic N) is 1. The quantitative estimate of drug-likeness (QED) is 0.567. The number of carbonyl (C=O) groups excluding carboxylic acids is 1. The Morgan fingerprint density at radius 3 is 2.29 bits per heavy atom. The highest BCUT2D eigenvalue weighted by Gasteiger charge is 2.37. The first-order valence-corrected chi connectivity index (χ1v) is 8.66. The summed E-state index contributed by atoms with van der Waals surface area (Å²) in [7, 11) is 0. The Balaban J connectivity index is 1.71. The first kappa shape index (κ1) is 20.2. The summed E-state index contributed by atoms with van der Waals surface area (Å²) < 4.78 is 37.7. The summed E-state index contributed by atoms with van der Waals surface area (Å²) in [6.07, 6.45) is -3.14. The minimum absolute atomic E-state index is 0.278. The third-order valence-corrected chi connectivity index (χ3v) is 4.73. The average Bonchev–Trinajstić information content (AvgIpc) is 2.69. The first-order chi connectivity index (χ1) is 13.3. The van der Waals surface area contributed by atoms with E-state index in [1.54, 1.807) is 35.8 Å². The van der Waals surface area contributed by atoms with E-state index in [4.69, 9.17) is 0 Å². The minimum Gasteiger partial charge on any atom is -0.386 e. The average molecular weight is 395 g/mol. The van der Waals surface area contributed by atoms with Gasteiger partial charge in [-0.25, -0.2) is 4.39 Å². The summed E-state index contributed by atoms with van der Waals surface area (Å²) in [5, 5.41) is 25.2. The maximum Gasteiger partial charge on any atom is 0.315 e. The van der Waals surface area contributed by atoms with Crippen LogP contribution in [-0.2, 0) is 10.4 Å². The molecule has 6 nitrogen and oxygen atoms in total. The van der Waals surface area contributed by atoms with Crippen molar-refractivity contribution in [1.29, 1.82) is 0 Å². The molecular weight excluding hydrogens is 375 g/mol. The van der Waals surface area contributed by atoms with E-state index in [-0.39, 0.29) is 5.56 Å². The number of hydrogen-bond donors (Lipinski definition) is 4. The summed E-state index contributed by atoms with van der Waals surface area (Å²) in [6.45, 7) is -0.294. The van der Waals surface area contributed by atoms with Crippen molar-refractivity contribution in [3.63, 3.8) is 0 Å². The molecular formula is C19H20F3N3O3. The van der Waals surface area contributed by atoms with E-state index in [2.05, 4.69) is 10.3 Å². The number of pyridine rings is 1. The second-order valence-electron chi connectivity index (χ2n) is 6.70. The lowest BCUT2D eigenvalue weighted by molar-refractivity contribution is -0.133. The lowest BCUT2D eigenvalue weighted by atomic mass is 9.92. The number of aliphatic hydroxyl groups excluding tert-OH is 1. The third kappa shape index (κ3) is 4.16. The van der Waals surface area contributed by atoms with Crippen molar-refractivity contribution in [2.45, 2.75) is 24.2 Å². The fourth-order valence-electron chi connectivity index (χ4n) is 2.94. The zero-order chi connectivity index (χ0) is 20.3. The smallest absolute Gasteiger partial charge is 0.315 e. The molecule has 1 fully saturated rings. The molecule has 0 spiro atoms. The maximum atomic E-state index is 13.1. The standard InChI is InChI=1S/C19H20F3N3O3/c20-7-14(25-18(27)17(21)22)16(26)12-3-1-11(2-4-12)13-5-6-15(24-8-13)19(28)9-23-10-19/h1-6,8,14,16-17,23,26,28H,7,9-10H2,(H,25,27)/t14-,16-/m1/s1. The fraction of sp³-hybridized carbons (Fsp3) is 0.368. The second-order valence-corrected chi connectivity index (χ2v) is 6.70. The van der Waals surface area contributed by atoms with Gasteiger partial charge in [-0.3, -0.25) is 9.78 Å². The van der Waals surface area contributed by atoms with Crippen LogP contribution in [0.3, 0.4) is 0 Å². The molecule has 1 aliphatic rings. The van der Waals surface area contributed by atoms with Crippen molar-refractivity contribution in [2.24, 2.45) is 0 Å². The highest BCUT2D eigenvalue weighted by Crippen LogP contribution is 2.27. The molecule has 1 aliphatic heterocycles. The van der Waals surface area contributed by atoms with Gasteiger partial charge in [0.15, 0.2) is 0 Å². The van der Waals surface area contributed by atoms with Gasteiger partial charge in [0.1, 0.15) is 18.4 Å². The number of benzene rings is 1. The molecule has 0 aliphatic carbocycles. The predicted molar refractivity (Wildman–Crippen MR) is 95.3 cm³/mol. The Morgan fingerprint density at radius 2 is 1.82 bits per heavy atom. The SMILES string of the molecule is O=C(N[C@H](CF)[C@H](O)c1ccc(-c2ccc(C3(O)CNC3)nc2)cc1)C(F)F. The Bertz CT molecular complexity index is 811. The number of nitrogens with one attached hydrogen (secondary N) is 2. The number of aromatic nitrogens is 1. The van der Waals surface area contributed by atoms with Crippen molar-refractivity contribution in [3.05, 3.63) is 53.9 Å². The number of amides is 1. The predicted octanol–water partition coefficient (Wildman–Crippen LogP) is 1.29. The molecule has 2 atom stereocenters. The summed E-state index contributed by atoms with van der Waals surface area (Å²) in [4.78, 5) is 15.3. The van der Waals surface area contributed by atoms with Crippen LogP contribution in [-0.4, -0.2) is 53.3 Å². The van der Waals surface area contributed by atoms with Crippen LogP contribution in [0.1, 0.15) is 17.4 Å². The summed E-state index contributed by atoms with van der Waals surface area (Å²) >= 11 is 0. The summed E-state index contributed by atoms with van der Waals surface area (Å²) in [5.74, 6) is -1.63. The number of carbonyl (C=O) groups is 1. The van der Waals surface area contributed by atoms with Crippen LogP contribution in [0.25, 0.3) is 11.1 Å². The van der Waals surface area contributed by atoms with Gasteiger partial charge in [-0.2, -0.15) is 8.78 Å². The molecule has 0 unspecified atom stereocenters. The van der Waals surface area contributed by atoms with Gasteiger partial charge in [0.05, 0.1) is 11.7 Å². The van der Waals surface area contributed by atoms with Gasteiger partial charge >= 0.3 is 6.43 Å². The molecule has 9 heteroatoms. The Hall–Kier alpha value is -2.49. The fourth-order valence-corrected chi connectivity index (χ4v) is 2.94. The molecule has 2 aromatic rings. The third-order valence-electron chi connectivity index (χ3n) is 4.73. The largest absolute Gasteiger partial charge is 0.386 e. The number of halogens is 3. The molecule has 0 saturated carbocycles. The van der Waals surface area contributed by atoms with E-state index in [1.807, 2.05) is 0 Å². The number of hydrogen-bond acceptors (Lipinski definition) is 5. The van der Waals surface area contributed by atoms with Crippen molar-refractivity contribution in [1.82, 2.24) is 15.6 Å². The molecule has 4 N–H and O–H groups in total. The van der Waals surface area contributed by atoms with Gasteiger partial charge in [-0.05, 0) is 17.2 Å². The molecule has 2 heterocycles. The Morgan fingerprint density at radius 1 is 1.18 bits per heavy atom. The number of rotatable bonds is 7. The lowest BCUT2D eigenvalue weighted by Gasteiger charge is -2.36. The normalized spacial score (nSPS) is 17.6. The number of β-amino-alcohol motifs (C(OH)–C–C–N with tert-alkyl or cyclic N) is 1. The van der Waals surface area contributed by atoms with E-state index in [9.17, 15) is 28.2 Å². The van der Waals surface area contributed by atoms with E-state index in [0.717, 1.165) is 11.1 Å². The van der Waals surface area contributed by atoms with Gasteiger partial charge in [0.2, 0.25) is 0 Å². The van der Waals surface area contributed by atoms with E-state index in [0.29, 0.717) is 18.8 Å². The molecule has 1 aromatic carbocycles. The summed E-state index contributed by atoms with van der Waals surface area (Å²) in [6, 6.07) is 8.45. The molecule has 1 aromatic heterocycles. The van der Waals surface area contributed by atoms with Crippen LogP contribution < -0.4 is 10.6 Å². The maximum absolute atomic E-state index is 13.1. The molecule has 150 valence electrons. The highest BCUT2D eigenvalue weighted by molar-refractivity contribution is 5.79. The van der Waals surface area contributed by atoms with Gasteiger partial charge in [0.25, 0.3) is 5.91 Å². The molecule has 28 heavy (non-hydrogen) atoms. The summed E-state index contributed by atoms with van der Waals surface area (Å²) in [5.41, 5.74) is 1.44. The van der Waals surface area contributed by atoms with Crippen LogP contribution in [0.2, 0.25) is 0 Å². The second kappa shape index (κ2) is 8.26. The van der Waals surface area contributed by atoms with Crippen LogP contribution in [0.15, 0.2) is 42.6 Å². The van der Waals surface area contributed by atoms with Crippen LogP contribution in [0.4, 0.5) is 13.2 Å². The monoisotopic (exact) mass is 395 g/mol. The van der Waals surface area contributed by atoms with Crippen molar-refractivity contribution >= 4 is 5.91 Å². The van der Waals surface area contributed by atoms with Crippen LogP contribution in [0, 0.1) is 0 Å². The van der Waals surface area contributed by atoms with Gasteiger partial charge in [-0.15, -0.1) is 0 Å². The van der Waals surface area contributed by atoms with Crippen LogP contribution >= 0.6 is 0 Å². The van der Waals surface area contributed by atoms with E-state index < -0.39 is 36.8 Å². The first-order valence-electron chi connectivity index (χ1n) is 8.66. The Kier molecular flexibility index (Phi) is 5.97. The Labute approximate surface area is 159 Å². The zero-order valence-electron chi connectivity index (χ0n) is 14.8. The lowest BCUT2D eigenvalue weighted by Crippen LogP contribution is -2.57. The molecule has 1 saturated heterocycles. The van der Waals surface area contributed by atoms with E-state index >= 15 is 0 Å². The number of alkyl halides is 3. The van der Waals surface area contributed by atoms with Gasteiger partial charge in [0, 0.05) is 24.8 Å². The molecule has 3 rings (SSSR count). The van der Waals surface area contributed by atoms with Gasteiger partial charge < -0.3 is 20.8 Å². The van der Waals surface area contributed by atoms with Crippen LogP contribution in [0.5, 0.6) is 0 Å². The minimum atomic E-state index is -3.28. The van der Waals surface area contributed by atoms with Crippen molar-refractivity contribution < 1.29 is 28.2 Å². The van der Waals surface area contributed by atoms with Gasteiger partial charge in [-0.1, -0.05) is 30.3 Å². The van der Waals surface area contributed by atoms with Crippen molar-refractivity contribution in [2.75, 3.05) is 19.8 Å².